The number of para-hydroxylation sites is 1. The highest BCUT2D eigenvalue weighted by Gasteiger charge is 2.29. The summed E-state index contributed by atoms with van der Waals surface area (Å²) in [7, 11) is -2.03. The van der Waals surface area contributed by atoms with Crippen LogP contribution in [0.4, 0.5) is 10.8 Å². The molecule has 1 fully saturated rings. The van der Waals surface area contributed by atoms with Gasteiger partial charge in [-0.05, 0) is 66.9 Å². The third-order valence-corrected chi connectivity index (χ3v) is 10.6. The monoisotopic (exact) mass is 591 g/mol. The van der Waals surface area contributed by atoms with E-state index in [1.54, 1.807) is 30.6 Å². The van der Waals surface area contributed by atoms with Gasteiger partial charge >= 0.3 is 0 Å². The Morgan fingerprint density at radius 2 is 1.78 bits per heavy atom. The van der Waals surface area contributed by atoms with Gasteiger partial charge < -0.3 is 15.0 Å². The molecule has 2 aliphatic rings. The predicted molar refractivity (Wildman–Crippen MR) is 163 cm³/mol. The number of nitrogens with one attached hydrogen (secondary N) is 1. The molecule has 1 aromatic heterocycles. The number of nitrogens with zero attached hydrogens (tertiary/aromatic N) is 4. The van der Waals surface area contributed by atoms with Gasteiger partial charge in [0, 0.05) is 51.4 Å². The first-order chi connectivity index (χ1) is 19.9. The molecule has 0 aliphatic carbocycles. The number of ether oxygens (including phenoxy) is 1. The van der Waals surface area contributed by atoms with Crippen LogP contribution in [-0.4, -0.2) is 77.1 Å². The SMILES string of the molecule is COc1ccc2nc(N3CCN(CCNC(=O)c4ccc(S(=O)(=O)N5CCCc6ccccc65)cc4)CC3)sc2c1. The van der Waals surface area contributed by atoms with E-state index in [4.69, 9.17) is 9.72 Å². The first kappa shape index (κ1) is 27.5. The van der Waals surface area contributed by atoms with Crippen LogP contribution in [0.5, 0.6) is 5.75 Å². The van der Waals surface area contributed by atoms with E-state index in [1.165, 1.54) is 16.4 Å². The molecule has 6 rings (SSSR count). The van der Waals surface area contributed by atoms with Crippen LogP contribution in [0.1, 0.15) is 22.3 Å². The van der Waals surface area contributed by atoms with Gasteiger partial charge in [0.25, 0.3) is 15.9 Å². The molecule has 3 heterocycles. The number of benzene rings is 3. The van der Waals surface area contributed by atoms with Crippen molar-refractivity contribution < 1.29 is 17.9 Å². The number of hydrogen-bond donors (Lipinski definition) is 1. The summed E-state index contributed by atoms with van der Waals surface area (Å²) in [5, 5.41) is 4.00. The molecule has 0 saturated carbocycles. The summed E-state index contributed by atoms with van der Waals surface area (Å²) in [5.41, 5.74) is 3.21. The van der Waals surface area contributed by atoms with Crippen molar-refractivity contribution in [2.75, 3.05) is 62.1 Å². The smallest absolute Gasteiger partial charge is 0.264 e. The van der Waals surface area contributed by atoms with Crippen LogP contribution in [0.25, 0.3) is 10.2 Å². The largest absolute Gasteiger partial charge is 0.497 e. The van der Waals surface area contributed by atoms with Gasteiger partial charge in [-0.2, -0.15) is 0 Å². The number of amides is 1. The van der Waals surface area contributed by atoms with E-state index in [0.29, 0.717) is 18.7 Å². The molecule has 3 aromatic carbocycles. The maximum atomic E-state index is 13.4. The van der Waals surface area contributed by atoms with Gasteiger partial charge in [0.05, 0.1) is 27.9 Å². The lowest BCUT2D eigenvalue weighted by Gasteiger charge is -2.34. The molecule has 0 radical (unpaired) electrons. The summed E-state index contributed by atoms with van der Waals surface area (Å²) in [6.07, 6.45) is 1.65. The normalized spacial score (nSPS) is 16.0. The highest BCUT2D eigenvalue weighted by atomic mass is 32.2. The van der Waals surface area contributed by atoms with Crippen LogP contribution in [-0.2, 0) is 16.4 Å². The molecule has 214 valence electrons. The van der Waals surface area contributed by atoms with E-state index >= 15 is 0 Å². The Morgan fingerprint density at radius 3 is 2.56 bits per heavy atom. The molecule has 9 nitrogen and oxygen atoms in total. The van der Waals surface area contributed by atoms with Crippen molar-refractivity contribution in [3.63, 3.8) is 0 Å². The Labute approximate surface area is 244 Å². The van der Waals surface area contributed by atoms with Crippen molar-refractivity contribution in [3.05, 3.63) is 77.9 Å². The average Bonchev–Trinajstić information content (AvgIpc) is 3.44. The number of piperazine rings is 1. The topological polar surface area (TPSA) is 95.1 Å². The highest BCUT2D eigenvalue weighted by Crippen LogP contribution is 2.33. The maximum absolute atomic E-state index is 13.4. The van der Waals surface area contributed by atoms with Gasteiger partial charge in [-0.25, -0.2) is 13.4 Å². The molecule has 1 N–H and O–H groups in total. The van der Waals surface area contributed by atoms with Crippen LogP contribution in [0, 0.1) is 0 Å². The lowest BCUT2D eigenvalue weighted by molar-refractivity contribution is 0.0947. The fourth-order valence-corrected chi connectivity index (χ4v) is 7.99. The Hall–Kier alpha value is -3.67. The molecular weight excluding hydrogens is 558 g/mol. The molecule has 4 aromatic rings. The number of anilines is 2. The Kier molecular flexibility index (Phi) is 7.83. The lowest BCUT2D eigenvalue weighted by atomic mass is 10.0. The van der Waals surface area contributed by atoms with Gasteiger partial charge in [-0.3, -0.25) is 14.0 Å². The summed E-state index contributed by atoms with van der Waals surface area (Å²) < 4.78 is 34.7. The Morgan fingerprint density at radius 1 is 1.00 bits per heavy atom. The van der Waals surface area contributed by atoms with E-state index in [9.17, 15) is 13.2 Å². The quantitative estimate of drug-likeness (QED) is 0.331. The molecule has 0 atom stereocenters. The number of aromatic nitrogens is 1. The first-order valence-electron chi connectivity index (χ1n) is 13.8. The Balaban J connectivity index is 0.994. The molecule has 0 unspecified atom stereocenters. The first-order valence-corrected chi connectivity index (χ1v) is 16.1. The fourth-order valence-electron chi connectivity index (χ4n) is 5.40. The van der Waals surface area contributed by atoms with Crippen LogP contribution in [0.15, 0.2) is 71.6 Å². The van der Waals surface area contributed by atoms with Crippen LogP contribution in [0.3, 0.4) is 0 Å². The second-order valence-electron chi connectivity index (χ2n) is 10.2. The summed E-state index contributed by atoms with van der Waals surface area (Å²) in [6, 6.07) is 19.8. The minimum Gasteiger partial charge on any atom is -0.497 e. The lowest BCUT2D eigenvalue weighted by Crippen LogP contribution is -2.48. The molecule has 11 heteroatoms. The molecule has 2 aliphatic heterocycles. The van der Waals surface area contributed by atoms with E-state index in [-0.39, 0.29) is 10.8 Å². The summed E-state index contributed by atoms with van der Waals surface area (Å²) in [5.74, 6) is 0.630. The van der Waals surface area contributed by atoms with E-state index in [2.05, 4.69) is 15.1 Å². The fraction of sp³-hybridized carbons (Fsp3) is 0.333. The minimum atomic E-state index is -3.70. The van der Waals surface area contributed by atoms with Crippen LogP contribution >= 0.6 is 11.3 Å². The van der Waals surface area contributed by atoms with E-state index in [0.717, 1.165) is 77.9 Å². The van der Waals surface area contributed by atoms with E-state index < -0.39 is 10.0 Å². The molecule has 0 bridgehead atoms. The number of carbonyl (C=O) groups is 1. The van der Waals surface area contributed by atoms with Crippen molar-refractivity contribution in [2.24, 2.45) is 0 Å². The summed E-state index contributed by atoms with van der Waals surface area (Å²) >= 11 is 1.68. The summed E-state index contributed by atoms with van der Waals surface area (Å²) in [6.45, 7) is 5.25. The van der Waals surface area contributed by atoms with Gasteiger partial charge in [0.1, 0.15) is 5.75 Å². The summed E-state index contributed by atoms with van der Waals surface area (Å²) in [4.78, 5) is 22.4. The molecule has 41 heavy (non-hydrogen) atoms. The van der Waals surface area contributed by atoms with Gasteiger partial charge in [-0.1, -0.05) is 29.5 Å². The minimum absolute atomic E-state index is 0.191. The van der Waals surface area contributed by atoms with Crippen molar-refractivity contribution in [2.45, 2.75) is 17.7 Å². The van der Waals surface area contributed by atoms with Gasteiger partial charge in [0.2, 0.25) is 0 Å². The predicted octanol–water partition coefficient (Wildman–Crippen LogP) is 4.00. The number of sulfonamides is 1. The zero-order chi connectivity index (χ0) is 28.4. The molecule has 0 spiro atoms. The average molecular weight is 592 g/mol. The Bertz CT molecular complexity index is 1650. The van der Waals surface area contributed by atoms with Crippen LogP contribution < -0.4 is 19.3 Å². The van der Waals surface area contributed by atoms with Crippen molar-refractivity contribution in [3.8, 4) is 5.75 Å². The number of aryl methyl sites for hydroxylation is 1. The van der Waals surface area contributed by atoms with E-state index in [1.807, 2.05) is 42.5 Å². The van der Waals surface area contributed by atoms with Crippen molar-refractivity contribution in [1.29, 1.82) is 0 Å². The zero-order valence-corrected chi connectivity index (χ0v) is 24.6. The zero-order valence-electron chi connectivity index (χ0n) is 23.0. The third kappa shape index (κ3) is 5.74. The number of rotatable bonds is 8. The number of methoxy groups -OCH3 is 1. The number of thiazole rings is 1. The second-order valence-corrected chi connectivity index (χ2v) is 13.1. The maximum Gasteiger partial charge on any atom is 0.264 e. The molecule has 1 amide bonds. The van der Waals surface area contributed by atoms with Crippen LogP contribution in [0.2, 0.25) is 0 Å². The second kappa shape index (κ2) is 11.7. The molecular formula is C30H33N5O4S2. The van der Waals surface area contributed by atoms with Gasteiger partial charge in [-0.15, -0.1) is 0 Å². The number of carbonyl (C=O) groups excluding carboxylic acids is 1. The van der Waals surface area contributed by atoms with Crippen molar-refractivity contribution in [1.82, 2.24) is 15.2 Å². The number of fused-ring (bicyclic) bond motifs is 2. The number of hydrogen-bond acceptors (Lipinski definition) is 8. The van der Waals surface area contributed by atoms with Crippen molar-refractivity contribution >= 4 is 48.3 Å². The standard InChI is InChI=1S/C30H33N5O4S2/c1-39-24-10-13-26-28(21-24)40-30(32-26)34-19-17-33(18-20-34)16-14-31-29(36)23-8-11-25(12-9-23)41(37,38)35-15-4-6-22-5-2-3-7-27(22)35/h2-3,5,7-13,21H,4,6,14-20H2,1H3,(H,31,36). The molecule has 1 saturated heterocycles. The van der Waals surface area contributed by atoms with Gasteiger partial charge in [0.15, 0.2) is 5.13 Å². The third-order valence-electron chi connectivity index (χ3n) is 7.71. The highest BCUT2D eigenvalue weighted by molar-refractivity contribution is 7.92.